The number of nitrogens with one attached hydrogen (secondary N) is 3. The summed E-state index contributed by atoms with van der Waals surface area (Å²) in [7, 11) is 0. The van der Waals surface area contributed by atoms with E-state index >= 15 is 0 Å². The summed E-state index contributed by atoms with van der Waals surface area (Å²) in [6.07, 6.45) is 0.853. The number of rotatable bonds is 9. The number of anilines is 3. The van der Waals surface area contributed by atoms with E-state index in [1.54, 1.807) is 60.7 Å². The van der Waals surface area contributed by atoms with Gasteiger partial charge >= 0.3 is 6.09 Å². The van der Waals surface area contributed by atoms with Crippen molar-refractivity contribution in [3.63, 3.8) is 0 Å². The van der Waals surface area contributed by atoms with Crippen LogP contribution in [-0.4, -0.2) is 31.1 Å². The Balaban J connectivity index is 1.49. The normalized spacial score (nSPS) is 10.4. The Hall–Kier alpha value is -4.27. The number of hydrogen-bond donors (Lipinski definition) is 3. The van der Waals surface area contributed by atoms with Crippen molar-refractivity contribution in [2.24, 2.45) is 5.92 Å². The van der Waals surface area contributed by atoms with Crippen LogP contribution < -0.4 is 20.7 Å². The molecular weight excluding hydrogens is 426 g/mol. The molecule has 0 aliphatic rings. The number of hydrogen-bond acceptors (Lipinski definition) is 6. The van der Waals surface area contributed by atoms with Crippen LogP contribution in [0.4, 0.5) is 21.9 Å². The minimum absolute atomic E-state index is 0.186. The van der Waals surface area contributed by atoms with Gasteiger partial charge in [0.05, 0.1) is 12.9 Å². The highest BCUT2D eigenvalue weighted by molar-refractivity contribution is 6.02. The monoisotopic (exact) mass is 451 g/mol. The summed E-state index contributed by atoms with van der Waals surface area (Å²) >= 11 is 0. The van der Waals surface area contributed by atoms with E-state index in [2.05, 4.69) is 16.0 Å². The molecule has 1 aromatic heterocycles. The summed E-state index contributed by atoms with van der Waals surface area (Å²) in [5, 5.41) is 8.01. The molecule has 0 radical (unpaired) electrons. The van der Waals surface area contributed by atoms with Crippen molar-refractivity contribution in [3.05, 3.63) is 72.7 Å². The van der Waals surface area contributed by atoms with Gasteiger partial charge in [0.25, 0.3) is 11.8 Å². The van der Waals surface area contributed by atoms with Crippen LogP contribution in [0.15, 0.2) is 71.3 Å². The van der Waals surface area contributed by atoms with E-state index in [4.69, 9.17) is 13.9 Å². The molecule has 0 aliphatic carbocycles. The fourth-order valence-corrected chi connectivity index (χ4v) is 2.68. The first-order valence-electron chi connectivity index (χ1n) is 10.3. The van der Waals surface area contributed by atoms with E-state index in [0.29, 0.717) is 29.4 Å². The Morgan fingerprint density at radius 1 is 0.879 bits per heavy atom. The molecular formula is C24H25N3O6. The third kappa shape index (κ3) is 7.73. The quantitative estimate of drug-likeness (QED) is 0.432. The van der Waals surface area contributed by atoms with E-state index in [-0.39, 0.29) is 24.2 Å². The third-order valence-corrected chi connectivity index (χ3v) is 4.15. The van der Waals surface area contributed by atoms with Gasteiger partial charge in [-0.3, -0.25) is 14.9 Å². The van der Waals surface area contributed by atoms with Crippen LogP contribution in [0, 0.1) is 5.92 Å². The van der Waals surface area contributed by atoms with Gasteiger partial charge < -0.3 is 24.5 Å². The number of carbonyl (C=O) groups excluding carboxylic acids is 3. The van der Waals surface area contributed by atoms with Gasteiger partial charge in [0.1, 0.15) is 5.75 Å². The van der Waals surface area contributed by atoms with Gasteiger partial charge in [0.2, 0.25) is 0 Å². The number of carbonyl (C=O) groups is 3. The Morgan fingerprint density at radius 3 is 2.27 bits per heavy atom. The second-order valence-electron chi connectivity index (χ2n) is 7.49. The lowest BCUT2D eigenvalue weighted by Gasteiger charge is -2.11. The largest absolute Gasteiger partial charge is 0.484 e. The van der Waals surface area contributed by atoms with Crippen molar-refractivity contribution >= 4 is 35.0 Å². The minimum atomic E-state index is -0.561. The van der Waals surface area contributed by atoms with Crippen molar-refractivity contribution in [2.45, 2.75) is 13.8 Å². The van der Waals surface area contributed by atoms with Gasteiger partial charge in [-0.1, -0.05) is 26.0 Å². The number of furan rings is 1. The molecule has 0 saturated heterocycles. The first-order valence-corrected chi connectivity index (χ1v) is 10.3. The zero-order valence-electron chi connectivity index (χ0n) is 18.3. The molecule has 3 N–H and O–H groups in total. The molecule has 0 saturated carbocycles. The predicted molar refractivity (Wildman–Crippen MR) is 123 cm³/mol. The molecule has 9 nitrogen and oxygen atoms in total. The van der Waals surface area contributed by atoms with Gasteiger partial charge in [-0.05, 0) is 48.4 Å². The molecule has 2 aromatic carbocycles. The highest BCUT2D eigenvalue weighted by Crippen LogP contribution is 2.19. The Morgan fingerprint density at radius 2 is 1.58 bits per heavy atom. The van der Waals surface area contributed by atoms with Crippen LogP contribution in [0.2, 0.25) is 0 Å². The van der Waals surface area contributed by atoms with E-state index in [1.165, 1.54) is 6.26 Å². The molecule has 9 heteroatoms. The van der Waals surface area contributed by atoms with Crippen LogP contribution in [0.25, 0.3) is 0 Å². The minimum Gasteiger partial charge on any atom is -0.484 e. The lowest BCUT2D eigenvalue weighted by molar-refractivity contribution is -0.118. The fraction of sp³-hybridized carbons (Fsp3) is 0.208. The Kier molecular flexibility index (Phi) is 8.07. The molecule has 0 atom stereocenters. The zero-order chi connectivity index (χ0) is 23.6. The molecule has 3 amide bonds. The lowest BCUT2D eigenvalue weighted by atomic mass is 10.2. The zero-order valence-corrected chi connectivity index (χ0v) is 18.3. The molecule has 3 rings (SSSR count). The standard InChI is InChI=1S/C24H25N3O6/c1-16(2)14-33-24(30)27-18-7-3-6-17(12-18)25-22(28)15-32-20-9-4-8-19(13-20)26-23(29)21-10-5-11-31-21/h3-13,16H,14-15H2,1-2H3,(H,25,28)(H,26,29)(H,27,30). The van der Waals surface area contributed by atoms with Crippen LogP contribution in [0.3, 0.4) is 0 Å². The molecule has 0 bridgehead atoms. The van der Waals surface area contributed by atoms with Gasteiger partial charge in [-0.15, -0.1) is 0 Å². The maximum Gasteiger partial charge on any atom is 0.411 e. The number of ether oxygens (including phenoxy) is 2. The van der Waals surface area contributed by atoms with Gasteiger partial charge in [-0.25, -0.2) is 4.79 Å². The Labute approximate surface area is 191 Å². The highest BCUT2D eigenvalue weighted by atomic mass is 16.5. The van der Waals surface area contributed by atoms with E-state index < -0.39 is 12.0 Å². The molecule has 3 aromatic rings. The average Bonchev–Trinajstić information content (AvgIpc) is 3.32. The topological polar surface area (TPSA) is 119 Å². The maximum atomic E-state index is 12.3. The summed E-state index contributed by atoms with van der Waals surface area (Å²) < 4.78 is 15.7. The summed E-state index contributed by atoms with van der Waals surface area (Å²) in [5.74, 6) is 0.0432. The first-order chi connectivity index (χ1) is 15.9. The van der Waals surface area contributed by atoms with Gasteiger partial charge in [-0.2, -0.15) is 0 Å². The maximum absolute atomic E-state index is 12.3. The van der Waals surface area contributed by atoms with E-state index in [1.807, 2.05) is 13.8 Å². The average molecular weight is 451 g/mol. The van der Waals surface area contributed by atoms with E-state index in [0.717, 1.165) is 0 Å². The molecule has 0 spiro atoms. The molecule has 172 valence electrons. The third-order valence-electron chi connectivity index (χ3n) is 4.15. The molecule has 0 aliphatic heterocycles. The second-order valence-corrected chi connectivity index (χ2v) is 7.49. The summed E-state index contributed by atoms with van der Waals surface area (Å²) in [5.41, 5.74) is 1.48. The van der Waals surface area contributed by atoms with Crippen molar-refractivity contribution < 1.29 is 28.3 Å². The number of benzene rings is 2. The van der Waals surface area contributed by atoms with Crippen molar-refractivity contribution in [3.8, 4) is 5.75 Å². The summed E-state index contributed by atoms with van der Waals surface area (Å²) in [4.78, 5) is 36.2. The summed E-state index contributed by atoms with van der Waals surface area (Å²) in [6.45, 7) is 3.95. The highest BCUT2D eigenvalue weighted by Gasteiger charge is 2.10. The smallest absolute Gasteiger partial charge is 0.411 e. The molecule has 0 unspecified atom stereocenters. The van der Waals surface area contributed by atoms with E-state index in [9.17, 15) is 14.4 Å². The molecule has 0 fully saturated rings. The first kappa shape index (κ1) is 23.4. The lowest BCUT2D eigenvalue weighted by Crippen LogP contribution is -2.20. The van der Waals surface area contributed by atoms with Crippen molar-refractivity contribution in [1.82, 2.24) is 0 Å². The fourth-order valence-electron chi connectivity index (χ4n) is 2.68. The van der Waals surface area contributed by atoms with Crippen molar-refractivity contribution in [1.29, 1.82) is 0 Å². The molecule has 1 heterocycles. The SMILES string of the molecule is CC(C)COC(=O)Nc1cccc(NC(=O)COc2cccc(NC(=O)c3ccco3)c2)c1. The molecule has 33 heavy (non-hydrogen) atoms. The Bertz CT molecular complexity index is 1100. The van der Waals surface area contributed by atoms with Gasteiger partial charge in [0, 0.05) is 23.1 Å². The predicted octanol–water partition coefficient (Wildman–Crippen LogP) is 4.75. The van der Waals surface area contributed by atoms with Crippen LogP contribution in [0.1, 0.15) is 24.4 Å². The van der Waals surface area contributed by atoms with Crippen LogP contribution in [-0.2, 0) is 9.53 Å². The van der Waals surface area contributed by atoms with Crippen molar-refractivity contribution in [2.75, 3.05) is 29.2 Å². The van der Waals surface area contributed by atoms with Gasteiger partial charge in [0.15, 0.2) is 12.4 Å². The number of amides is 3. The van der Waals surface area contributed by atoms with Crippen LogP contribution in [0.5, 0.6) is 5.75 Å². The summed E-state index contributed by atoms with van der Waals surface area (Å²) in [6, 6.07) is 16.5. The van der Waals surface area contributed by atoms with Crippen LogP contribution >= 0.6 is 0 Å². The second kappa shape index (κ2) is 11.4.